The number of nitrogens with two attached hydrogens (primary N) is 6. The summed E-state index contributed by atoms with van der Waals surface area (Å²) in [6, 6.07) is 15.7. The van der Waals surface area contributed by atoms with Crippen LogP contribution in [-0.4, -0.2) is 216 Å². The normalized spacial score (nSPS) is 15.8. The van der Waals surface area contributed by atoms with Gasteiger partial charge in [0.2, 0.25) is 59.1 Å². The monoisotopic (exact) mass is 1290 g/mol. The van der Waals surface area contributed by atoms with Gasteiger partial charge in [-0.25, -0.2) is 0 Å². The molecule has 2 heterocycles. The SMILES string of the molecule is CC(=O)N(CCCCN)CC(=O)N(CCCCN)CC(=O)N(CCCCN=C(N)N)CC(=O)N(CC(=O)N(CCCCN)CC(=O)N(CC(=O)N[C@@H](CCCCNC(=O)CCCCC1SC[C@@H]2CC(=O)N[C@H]12)C(N)=O)[C@@H](C)c1ccccc1)[C@@H](C)c1ccccc1. The van der Waals surface area contributed by atoms with Crippen molar-refractivity contribution < 1.29 is 47.9 Å². The Morgan fingerprint density at radius 2 is 1.07 bits per heavy atom. The first-order valence-electron chi connectivity index (χ1n) is 32.4. The van der Waals surface area contributed by atoms with E-state index in [2.05, 4.69) is 20.9 Å². The third kappa shape index (κ3) is 27.6. The zero-order valence-electron chi connectivity index (χ0n) is 54.0. The molecule has 2 aliphatic rings. The molecule has 0 aliphatic carbocycles. The fourth-order valence-corrected chi connectivity index (χ4v) is 12.8. The van der Waals surface area contributed by atoms with E-state index in [1.165, 1.54) is 36.3 Å². The lowest BCUT2D eigenvalue weighted by Gasteiger charge is -2.35. The second-order valence-electron chi connectivity index (χ2n) is 23.6. The number of nitrogens with one attached hydrogen (secondary N) is 3. The Morgan fingerprint density at radius 3 is 1.57 bits per heavy atom. The lowest BCUT2D eigenvalue weighted by Crippen LogP contribution is -2.53. The van der Waals surface area contributed by atoms with E-state index in [1.807, 2.05) is 23.9 Å². The first kappa shape index (κ1) is 76.1. The van der Waals surface area contributed by atoms with Crippen LogP contribution in [0.15, 0.2) is 65.7 Å². The van der Waals surface area contributed by atoms with E-state index in [0.717, 1.165) is 25.0 Å². The second-order valence-corrected chi connectivity index (χ2v) is 24.9. The van der Waals surface area contributed by atoms with E-state index in [-0.39, 0.29) is 68.9 Å². The molecule has 10 amide bonds. The zero-order valence-corrected chi connectivity index (χ0v) is 54.8. The minimum Gasteiger partial charge on any atom is -0.370 e. The summed E-state index contributed by atoms with van der Waals surface area (Å²) in [6.07, 6.45) is 8.56. The van der Waals surface area contributed by atoms with Crippen LogP contribution >= 0.6 is 11.8 Å². The van der Waals surface area contributed by atoms with Crippen LogP contribution in [0.3, 0.4) is 0 Å². The van der Waals surface area contributed by atoms with E-state index < -0.39 is 92.2 Å². The molecule has 2 saturated heterocycles. The largest absolute Gasteiger partial charge is 0.370 e. The van der Waals surface area contributed by atoms with Crippen molar-refractivity contribution in [2.24, 2.45) is 45.3 Å². The van der Waals surface area contributed by atoms with Crippen molar-refractivity contribution in [3.05, 3.63) is 71.8 Å². The molecule has 2 aromatic carbocycles. The van der Waals surface area contributed by atoms with Gasteiger partial charge in [0.1, 0.15) is 19.1 Å². The van der Waals surface area contributed by atoms with Gasteiger partial charge in [-0.2, -0.15) is 11.8 Å². The summed E-state index contributed by atoms with van der Waals surface area (Å²) >= 11 is 1.90. The van der Waals surface area contributed by atoms with E-state index in [9.17, 15) is 38.4 Å². The van der Waals surface area contributed by atoms with Crippen LogP contribution in [0.5, 0.6) is 0 Å². The number of benzene rings is 2. The van der Waals surface area contributed by atoms with Gasteiger partial charge < -0.3 is 79.8 Å². The van der Waals surface area contributed by atoms with Gasteiger partial charge in [0, 0.05) is 70.3 Å². The van der Waals surface area contributed by atoms with Crippen LogP contribution < -0.4 is 50.4 Å². The molecular weight excluding hydrogens is 1180 g/mol. The Morgan fingerprint density at radius 1 is 0.582 bits per heavy atom. The number of rotatable bonds is 45. The first-order chi connectivity index (χ1) is 43.7. The minimum absolute atomic E-state index is 0.0463. The average molecular weight is 1290 g/mol. The zero-order chi connectivity index (χ0) is 66.7. The van der Waals surface area contributed by atoms with Gasteiger partial charge in [-0.15, -0.1) is 0 Å². The molecule has 0 aromatic heterocycles. The number of aliphatic imine (C=N–C) groups is 1. The van der Waals surface area contributed by atoms with Crippen LogP contribution in [0, 0.1) is 5.92 Å². The molecule has 2 aliphatic heterocycles. The fourth-order valence-electron chi connectivity index (χ4n) is 11.2. The standard InChI is InChI=1S/C64H104N16O10S/c1-46(49-22-6-4-7-23-49)79(39-56(84)73-52(63(68)90)26-12-16-32-71-54(82)28-11-10-27-53-62-51(45-91-53)38-55(83)74-62)60(88)42-78(36-20-15-31-67)59(87)44-80(47(2)50-24-8-5-9-25-50)61(89)43-77(37-21-17-33-72-64(69)70)58(86)41-76(35-19-14-30-66)57(85)40-75(48(3)81)34-18-13-29-65/h4-9,22-25,46-47,51-53,62H,10-21,26-45,65-67H2,1-3H3,(H2,68,90)(H,71,82)(H,73,84)(H,74,83)(H4,69,70,72)/t46-,47-,51-,52-,53?,62-/m0/s1. The summed E-state index contributed by atoms with van der Waals surface area (Å²) in [6.45, 7) is 4.33. The van der Waals surface area contributed by atoms with Gasteiger partial charge in [-0.1, -0.05) is 67.1 Å². The third-order valence-corrected chi connectivity index (χ3v) is 18.2. The Kier molecular flexibility index (Phi) is 35.0. The van der Waals surface area contributed by atoms with Crippen LogP contribution in [0.2, 0.25) is 0 Å². The van der Waals surface area contributed by atoms with Crippen LogP contribution in [-0.2, 0) is 47.9 Å². The van der Waals surface area contributed by atoms with Gasteiger partial charge in [-0.3, -0.25) is 52.9 Å². The highest BCUT2D eigenvalue weighted by atomic mass is 32.2. The van der Waals surface area contributed by atoms with Gasteiger partial charge in [-0.05, 0) is 140 Å². The van der Waals surface area contributed by atoms with Gasteiger partial charge in [0.05, 0.1) is 38.3 Å². The van der Waals surface area contributed by atoms with Crippen molar-refractivity contribution >= 4 is 76.8 Å². The van der Waals surface area contributed by atoms with Crippen molar-refractivity contribution in [2.45, 2.75) is 153 Å². The number of amides is 10. The first-order valence-corrected chi connectivity index (χ1v) is 33.4. The Bertz CT molecular complexity index is 2660. The van der Waals surface area contributed by atoms with E-state index in [1.54, 1.807) is 62.4 Å². The molecule has 27 heteroatoms. The van der Waals surface area contributed by atoms with E-state index in [4.69, 9.17) is 34.4 Å². The predicted octanol–water partition coefficient (Wildman–Crippen LogP) is 1.21. The summed E-state index contributed by atoms with van der Waals surface area (Å²) in [5.74, 6) is -3.27. The number of nitrogens with zero attached hydrogens (tertiary/aromatic N) is 7. The summed E-state index contributed by atoms with van der Waals surface area (Å²) < 4.78 is 0. The highest BCUT2D eigenvalue weighted by Gasteiger charge is 2.43. The maximum absolute atomic E-state index is 15.1. The number of fused-ring (bicyclic) bond motifs is 1. The molecule has 2 fully saturated rings. The number of thioether (sulfide) groups is 1. The summed E-state index contributed by atoms with van der Waals surface area (Å²) in [5, 5.41) is 9.13. The molecule has 91 heavy (non-hydrogen) atoms. The van der Waals surface area contributed by atoms with Gasteiger partial charge in [0.15, 0.2) is 5.96 Å². The van der Waals surface area contributed by atoms with Crippen LogP contribution in [0.25, 0.3) is 0 Å². The molecule has 0 radical (unpaired) electrons. The van der Waals surface area contributed by atoms with Gasteiger partial charge in [0.25, 0.3) is 0 Å². The van der Waals surface area contributed by atoms with Crippen molar-refractivity contribution in [3.8, 4) is 0 Å². The molecule has 0 saturated carbocycles. The molecule has 6 atom stereocenters. The van der Waals surface area contributed by atoms with Crippen LogP contribution in [0.4, 0.5) is 0 Å². The number of hydrogen-bond acceptors (Lipinski definition) is 15. The van der Waals surface area contributed by atoms with Crippen molar-refractivity contribution in [2.75, 3.05) is 104 Å². The number of carbonyl (C=O) groups is 10. The maximum atomic E-state index is 15.1. The Labute approximate surface area is 541 Å². The molecule has 0 bridgehead atoms. The van der Waals surface area contributed by atoms with E-state index >= 15 is 9.59 Å². The highest BCUT2D eigenvalue weighted by molar-refractivity contribution is 8.00. The molecule has 1 unspecified atom stereocenters. The Hall–Kier alpha value is -7.36. The van der Waals surface area contributed by atoms with Crippen LogP contribution in [0.1, 0.15) is 147 Å². The number of unbranched alkanes of at least 4 members (excludes halogenated alkanes) is 6. The average Bonchev–Trinajstić information content (AvgIpc) is 2.16. The number of guanidine groups is 1. The molecule has 15 N–H and O–H groups in total. The topological polar surface area (TPSA) is 395 Å². The molecule has 4 rings (SSSR count). The predicted molar refractivity (Wildman–Crippen MR) is 353 cm³/mol. The number of hydrogen-bond donors (Lipinski definition) is 9. The lowest BCUT2D eigenvalue weighted by atomic mass is 9.97. The Balaban J connectivity index is 1.52. The smallest absolute Gasteiger partial charge is 0.243 e. The summed E-state index contributed by atoms with van der Waals surface area (Å²) in [7, 11) is 0. The van der Waals surface area contributed by atoms with Crippen molar-refractivity contribution in [1.29, 1.82) is 0 Å². The maximum Gasteiger partial charge on any atom is 0.243 e. The molecule has 0 spiro atoms. The molecule has 26 nitrogen and oxygen atoms in total. The lowest BCUT2D eigenvalue weighted by molar-refractivity contribution is -0.149. The second kappa shape index (κ2) is 41.9. The minimum atomic E-state index is -1.09. The third-order valence-electron chi connectivity index (χ3n) is 16.6. The molecule has 2 aromatic rings. The quantitative estimate of drug-likeness (QED) is 0.0256. The number of carbonyl (C=O) groups excluding carboxylic acids is 10. The number of primary amides is 1. The molecule has 506 valence electrons. The summed E-state index contributed by atoms with van der Waals surface area (Å²) in [5.41, 5.74) is 35.8. The van der Waals surface area contributed by atoms with Gasteiger partial charge >= 0.3 is 0 Å². The summed E-state index contributed by atoms with van der Waals surface area (Å²) in [4.78, 5) is 150. The van der Waals surface area contributed by atoms with Crippen molar-refractivity contribution in [3.63, 3.8) is 0 Å². The van der Waals surface area contributed by atoms with Crippen molar-refractivity contribution in [1.82, 2.24) is 45.3 Å². The highest BCUT2D eigenvalue weighted by Crippen LogP contribution is 2.39. The molecular formula is C64H104N16O10S. The fraction of sp³-hybridized carbons (Fsp3) is 0.641. The van der Waals surface area contributed by atoms with E-state index in [0.29, 0.717) is 132 Å².